The average Bonchev–Trinajstić information content (AvgIpc) is 3.72. The van der Waals surface area contributed by atoms with Crippen molar-refractivity contribution < 1.29 is 35.8 Å². The normalized spacial score (nSPS) is 25.0. The van der Waals surface area contributed by atoms with Gasteiger partial charge in [0.15, 0.2) is 11.6 Å². The molecule has 0 amide bonds. The maximum Gasteiger partial charge on any atom is 0.387 e. The molecular weight excluding hydrogens is 672 g/mol. The molecule has 4 atom stereocenters. The molecule has 8 rings (SSSR count). The number of anilines is 1. The number of nitrogens with one attached hydrogen (secondary N) is 1. The van der Waals surface area contributed by atoms with Gasteiger partial charge < -0.3 is 19.7 Å². The number of nitrogens with zero attached hydrogens (tertiary/aromatic N) is 4. The highest BCUT2D eigenvalue weighted by molar-refractivity contribution is 6.37. The van der Waals surface area contributed by atoms with E-state index in [9.17, 15) is 17.6 Å². The molecule has 4 aliphatic heterocycles. The number of fused-ring (bicyclic) bond motifs is 5. The Bertz CT molecular complexity index is 2030. The summed E-state index contributed by atoms with van der Waals surface area (Å²) in [4.78, 5) is 13.0. The summed E-state index contributed by atoms with van der Waals surface area (Å²) in [6, 6.07) is 4.43. The molecule has 0 spiro atoms. The zero-order valence-electron chi connectivity index (χ0n) is 26.0. The van der Waals surface area contributed by atoms with Gasteiger partial charge in [-0.2, -0.15) is 18.7 Å². The Morgan fingerprint density at radius 3 is 2.57 bits per heavy atom. The third-order valence-corrected chi connectivity index (χ3v) is 10.7. The summed E-state index contributed by atoms with van der Waals surface area (Å²) >= 11 is 6.75. The van der Waals surface area contributed by atoms with E-state index in [1.165, 1.54) is 12.1 Å². The smallest absolute Gasteiger partial charge is 0.387 e. The molecule has 0 radical (unpaired) electrons. The fourth-order valence-electron chi connectivity index (χ4n) is 8.29. The minimum absolute atomic E-state index is 0.0526. The number of halogens is 7. The molecule has 7 nitrogen and oxygen atoms in total. The van der Waals surface area contributed by atoms with Crippen LogP contribution in [0.25, 0.3) is 32.8 Å². The molecule has 2 unspecified atom stereocenters. The van der Waals surface area contributed by atoms with E-state index < -0.39 is 57.6 Å². The van der Waals surface area contributed by atoms with Crippen molar-refractivity contribution in [2.24, 2.45) is 0 Å². The van der Waals surface area contributed by atoms with Gasteiger partial charge in [-0.05, 0) is 55.8 Å². The minimum atomic E-state index is -3.26. The summed E-state index contributed by atoms with van der Waals surface area (Å²) in [5, 5.41) is 2.88. The average molecular weight is 702 g/mol. The first kappa shape index (κ1) is 32.2. The predicted octanol–water partition coefficient (Wildman–Crippen LogP) is 7.00. The Morgan fingerprint density at radius 1 is 1.06 bits per heavy atom. The van der Waals surface area contributed by atoms with Gasteiger partial charge in [0.2, 0.25) is 0 Å². The number of terminal acetylenes is 1. The summed E-state index contributed by atoms with van der Waals surface area (Å²) in [7, 11) is 0. The zero-order valence-corrected chi connectivity index (χ0v) is 26.8. The number of hydrogen-bond acceptors (Lipinski definition) is 7. The van der Waals surface area contributed by atoms with E-state index in [-0.39, 0.29) is 64.2 Å². The molecule has 1 N–H and O–H groups in total. The van der Waals surface area contributed by atoms with Crippen molar-refractivity contribution in [1.29, 1.82) is 0 Å². The van der Waals surface area contributed by atoms with E-state index in [1.54, 1.807) is 0 Å². The van der Waals surface area contributed by atoms with E-state index in [2.05, 4.69) is 30.8 Å². The zero-order chi connectivity index (χ0) is 34.2. The SMILES string of the molecule is C#Cc1c(F)ccc2cc(OC(F)F)cc(-c3c(F)c(Cl)c4c(N5CC6CCC(C5)N6)nc(OC[C@@]56CCCN5C[C@H](F)C6)nc4c3F)c12. The van der Waals surface area contributed by atoms with Crippen LogP contribution < -0.4 is 19.7 Å². The minimum Gasteiger partial charge on any atom is -0.461 e. The number of hydrogen-bond donors (Lipinski definition) is 1. The number of piperazine rings is 1. The van der Waals surface area contributed by atoms with Crippen LogP contribution in [-0.2, 0) is 0 Å². The molecule has 14 heteroatoms. The van der Waals surface area contributed by atoms with E-state index in [1.807, 2.05) is 4.90 Å². The van der Waals surface area contributed by atoms with Crippen molar-refractivity contribution in [2.75, 3.05) is 37.7 Å². The second-order valence-corrected chi connectivity index (χ2v) is 13.7. The molecule has 4 aromatic rings. The van der Waals surface area contributed by atoms with Gasteiger partial charge in [-0.15, -0.1) is 6.42 Å². The Morgan fingerprint density at radius 2 is 1.84 bits per heavy atom. The maximum absolute atomic E-state index is 17.1. The van der Waals surface area contributed by atoms with Crippen LogP contribution in [0.15, 0.2) is 24.3 Å². The number of aromatic nitrogens is 2. The summed E-state index contributed by atoms with van der Waals surface area (Å²) in [6.45, 7) is -1.23. The molecule has 256 valence electrons. The largest absolute Gasteiger partial charge is 0.461 e. The quantitative estimate of drug-likeness (QED) is 0.127. The van der Waals surface area contributed by atoms with E-state index in [0.29, 0.717) is 26.1 Å². The second kappa shape index (κ2) is 12.1. The predicted molar refractivity (Wildman–Crippen MR) is 173 cm³/mol. The molecule has 0 aliphatic carbocycles. The van der Waals surface area contributed by atoms with Crippen LogP contribution in [0.4, 0.5) is 32.2 Å². The first-order chi connectivity index (χ1) is 23.5. The van der Waals surface area contributed by atoms with E-state index >= 15 is 8.78 Å². The standard InChI is InChI=1S/C35H30ClF6N5O2/c1-2-22-24(38)7-4-17-10-21(49-33(41)42)11-23(25(17)22)26-29(39)28(36)27-31(30(26)40)44-34(45-32(27)46-14-19-5-6-20(15-46)43-19)48-16-35-8-3-9-47(35)13-18(37)12-35/h1,4,7,10-11,18-20,33,43H,3,5-6,8-9,12-16H2/t18-,19?,20?,35+/m1/s1. The molecule has 5 heterocycles. The molecule has 49 heavy (non-hydrogen) atoms. The summed E-state index contributed by atoms with van der Waals surface area (Å²) in [5.41, 5.74) is -2.41. The van der Waals surface area contributed by atoms with Crippen LogP contribution in [0.5, 0.6) is 11.8 Å². The van der Waals surface area contributed by atoms with Crippen LogP contribution in [0.1, 0.15) is 37.7 Å². The number of alkyl halides is 3. The van der Waals surface area contributed by atoms with Crippen molar-refractivity contribution in [2.45, 2.75) is 62.5 Å². The van der Waals surface area contributed by atoms with Crippen LogP contribution >= 0.6 is 11.6 Å². The third-order valence-electron chi connectivity index (χ3n) is 10.4. The van der Waals surface area contributed by atoms with Crippen molar-refractivity contribution >= 4 is 39.1 Å². The third kappa shape index (κ3) is 5.39. The summed E-state index contributed by atoms with van der Waals surface area (Å²) in [6.07, 6.45) is 8.31. The number of ether oxygens (including phenoxy) is 2. The first-order valence-electron chi connectivity index (χ1n) is 16.1. The lowest BCUT2D eigenvalue weighted by Gasteiger charge is -2.35. The van der Waals surface area contributed by atoms with Gasteiger partial charge in [0, 0.05) is 49.1 Å². The molecular formula is C35H30ClF6N5O2. The van der Waals surface area contributed by atoms with Gasteiger partial charge in [-0.1, -0.05) is 23.6 Å². The fraction of sp³-hybridized carbons (Fsp3) is 0.429. The topological polar surface area (TPSA) is 62.8 Å². The van der Waals surface area contributed by atoms with Crippen LogP contribution in [-0.4, -0.2) is 78.1 Å². The van der Waals surface area contributed by atoms with Gasteiger partial charge in [-0.25, -0.2) is 17.6 Å². The van der Waals surface area contributed by atoms with Gasteiger partial charge in [0.05, 0.1) is 27.1 Å². The Labute approximate surface area is 282 Å². The fourth-order valence-corrected chi connectivity index (χ4v) is 8.56. The highest BCUT2D eigenvalue weighted by Crippen LogP contribution is 2.46. The highest BCUT2D eigenvalue weighted by atomic mass is 35.5. The van der Waals surface area contributed by atoms with Crippen molar-refractivity contribution in [3.63, 3.8) is 0 Å². The summed E-state index contributed by atoms with van der Waals surface area (Å²) < 4.78 is 101. The van der Waals surface area contributed by atoms with E-state index in [0.717, 1.165) is 37.9 Å². The highest BCUT2D eigenvalue weighted by Gasteiger charge is 2.49. The lowest BCUT2D eigenvalue weighted by atomic mass is 9.92. The number of rotatable bonds is 7. The van der Waals surface area contributed by atoms with Crippen molar-refractivity contribution in [3.8, 4) is 35.2 Å². The van der Waals surface area contributed by atoms with Crippen LogP contribution in [0, 0.1) is 29.8 Å². The molecule has 1 aromatic heterocycles. The summed E-state index contributed by atoms with van der Waals surface area (Å²) in [5.74, 6) is -1.38. The Kier molecular flexibility index (Phi) is 7.96. The van der Waals surface area contributed by atoms with Crippen LogP contribution in [0.2, 0.25) is 5.02 Å². The molecule has 0 saturated carbocycles. The Balaban J connectivity index is 1.34. The maximum atomic E-state index is 17.1. The lowest BCUT2D eigenvalue weighted by molar-refractivity contribution is -0.0497. The second-order valence-electron chi connectivity index (χ2n) is 13.3. The van der Waals surface area contributed by atoms with Gasteiger partial charge in [0.1, 0.15) is 35.7 Å². The van der Waals surface area contributed by atoms with Crippen molar-refractivity contribution in [1.82, 2.24) is 20.2 Å². The monoisotopic (exact) mass is 701 g/mol. The molecule has 2 bridgehead atoms. The van der Waals surface area contributed by atoms with Crippen molar-refractivity contribution in [3.05, 3.63) is 52.3 Å². The van der Waals surface area contributed by atoms with Gasteiger partial charge in [0.25, 0.3) is 0 Å². The molecule has 3 aromatic carbocycles. The van der Waals surface area contributed by atoms with Gasteiger partial charge >= 0.3 is 12.6 Å². The molecule has 4 saturated heterocycles. The Hall–Kier alpha value is -3.99. The van der Waals surface area contributed by atoms with E-state index in [4.69, 9.17) is 22.8 Å². The van der Waals surface area contributed by atoms with Gasteiger partial charge in [-0.3, -0.25) is 4.90 Å². The molecule has 4 fully saturated rings. The first-order valence-corrected chi connectivity index (χ1v) is 16.5. The lowest BCUT2D eigenvalue weighted by Crippen LogP contribution is -2.51. The number of benzene rings is 3. The molecule has 4 aliphatic rings. The van der Waals surface area contributed by atoms with Crippen LogP contribution in [0.3, 0.4) is 0 Å².